The van der Waals surface area contributed by atoms with Crippen molar-refractivity contribution >= 4 is 34.0 Å². The first-order valence-electron chi connectivity index (χ1n) is 10.3. The zero-order chi connectivity index (χ0) is 23.8. The molecule has 0 aliphatic rings. The monoisotopic (exact) mass is 473 g/mol. The second-order valence-corrected chi connectivity index (χ2v) is 8.01. The fraction of sp³-hybridized carbons (Fsp3) is 0.0400. The molecule has 0 aliphatic carbocycles. The number of aromatic amines is 1. The third kappa shape index (κ3) is 3.74. The van der Waals surface area contributed by atoms with Crippen LogP contribution < -0.4 is 10.9 Å². The normalized spacial score (nSPS) is 11.0. The van der Waals surface area contributed by atoms with E-state index in [4.69, 9.17) is 11.6 Å². The third-order valence-electron chi connectivity index (χ3n) is 5.53. The van der Waals surface area contributed by atoms with Gasteiger partial charge in [-0.25, -0.2) is 14.2 Å². The highest BCUT2D eigenvalue weighted by Gasteiger charge is 2.18. The molecule has 5 rings (SSSR count). The maximum absolute atomic E-state index is 14.4. The van der Waals surface area contributed by atoms with Gasteiger partial charge < -0.3 is 5.32 Å². The summed E-state index contributed by atoms with van der Waals surface area (Å²) in [5, 5.41) is 15.0. The number of amides is 1. The summed E-state index contributed by atoms with van der Waals surface area (Å²) in [5.74, 6) is -0.993. The summed E-state index contributed by atoms with van der Waals surface area (Å²) in [6, 6.07) is 18.9. The van der Waals surface area contributed by atoms with Crippen molar-refractivity contribution < 1.29 is 9.18 Å². The van der Waals surface area contributed by atoms with Crippen molar-refractivity contribution in [2.75, 3.05) is 5.32 Å². The molecular formula is C25H17ClFN5O2. The lowest BCUT2D eigenvalue weighted by molar-refractivity contribution is 0.102. The highest BCUT2D eigenvalue weighted by atomic mass is 35.5. The predicted octanol–water partition coefficient (Wildman–Crippen LogP) is 5.13. The molecule has 0 atom stereocenters. The molecule has 0 aliphatic heterocycles. The number of halogens is 2. The zero-order valence-electron chi connectivity index (χ0n) is 17.8. The Morgan fingerprint density at radius 1 is 1.03 bits per heavy atom. The van der Waals surface area contributed by atoms with E-state index in [0.29, 0.717) is 28.0 Å². The van der Waals surface area contributed by atoms with Crippen LogP contribution in [0, 0.1) is 12.7 Å². The van der Waals surface area contributed by atoms with Crippen LogP contribution in [0.15, 0.2) is 77.7 Å². The topological polar surface area (TPSA) is 92.7 Å². The third-order valence-corrected chi connectivity index (χ3v) is 5.82. The van der Waals surface area contributed by atoms with Crippen LogP contribution in [0.3, 0.4) is 0 Å². The zero-order valence-corrected chi connectivity index (χ0v) is 18.6. The minimum absolute atomic E-state index is 0.0248. The van der Waals surface area contributed by atoms with E-state index >= 15 is 0 Å². The van der Waals surface area contributed by atoms with E-state index in [0.717, 1.165) is 10.9 Å². The summed E-state index contributed by atoms with van der Waals surface area (Å²) in [6.07, 6.45) is 1.38. The lowest BCUT2D eigenvalue weighted by Gasteiger charge is -2.09. The van der Waals surface area contributed by atoms with Crippen molar-refractivity contribution in [2.24, 2.45) is 0 Å². The Kier molecular flexibility index (Phi) is 5.43. The molecule has 9 heteroatoms. The number of carbonyl (C=O) groups excluding carboxylic acids is 1. The molecule has 0 saturated carbocycles. The quantitative estimate of drug-likeness (QED) is 0.378. The maximum Gasteiger partial charge on any atom is 0.272 e. The smallest absolute Gasteiger partial charge is 0.272 e. The van der Waals surface area contributed by atoms with Gasteiger partial charge in [0.1, 0.15) is 5.69 Å². The van der Waals surface area contributed by atoms with E-state index in [-0.39, 0.29) is 22.2 Å². The van der Waals surface area contributed by atoms with Crippen molar-refractivity contribution in [2.45, 2.75) is 6.92 Å². The van der Waals surface area contributed by atoms with Gasteiger partial charge in [-0.1, -0.05) is 48.0 Å². The molecule has 0 radical (unpaired) electrons. The number of hydrogen-bond donors (Lipinski definition) is 2. The Bertz CT molecular complexity index is 1610. The Labute approximate surface area is 197 Å². The Hall–Kier alpha value is -4.30. The number of carbonyl (C=O) groups is 1. The first-order chi connectivity index (χ1) is 16.4. The summed E-state index contributed by atoms with van der Waals surface area (Å²) in [4.78, 5) is 24.9. The number of anilines is 1. The Balaban J connectivity index is 1.40. The molecule has 1 amide bonds. The number of nitrogens with zero attached hydrogens (tertiary/aromatic N) is 3. The molecular weight excluding hydrogens is 457 g/mol. The van der Waals surface area contributed by atoms with Gasteiger partial charge in [-0.3, -0.25) is 9.59 Å². The maximum atomic E-state index is 14.4. The summed E-state index contributed by atoms with van der Waals surface area (Å²) >= 11 is 5.87. The second kappa shape index (κ2) is 8.57. The van der Waals surface area contributed by atoms with Gasteiger partial charge in [0.25, 0.3) is 11.5 Å². The van der Waals surface area contributed by atoms with Crippen LogP contribution in [-0.4, -0.2) is 25.9 Å². The largest absolute Gasteiger partial charge is 0.322 e. The number of benzene rings is 3. The molecule has 34 heavy (non-hydrogen) atoms. The number of rotatable bonds is 4. The van der Waals surface area contributed by atoms with Crippen LogP contribution in [0.1, 0.15) is 16.1 Å². The van der Waals surface area contributed by atoms with Gasteiger partial charge in [0.15, 0.2) is 5.82 Å². The van der Waals surface area contributed by atoms with Gasteiger partial charge in [-0.2, -0.15) is 10.2 Å². The minimum atomic E-state index is -0.610. The molecule has 5 aromatic rings. The van der Waals surface area contributed by atoms with Crippen LogP contribution in [0.25, 0.3) is 27.7 Å². The fourth-order valence-corrected chi connectivity index (χ4v) is 3.95. The first-order valence-corrected chi connectivity index (χ1v) is 10.7. The molecule has 0 unspecified atom stereocenters. The first kappa shape index (κ1) is 21.5. The van der Waals surface area contributed by atoms with Crippen molar-refractivity contribution in [3.05, 3.63) is 105 Å². The van der Waals surface area contributed by atoms with Crippen LogP contribution in [0.2, 0.25) is 5.02 Å². The van der Waals surface area contributed by atoms with Gasteiger partial charge in [-0.05, 0) is 37.3 Å². The SMILES string of the molecule is Cc1c(C(=O)Nc2ccc(-c3n[nH]c(=O)c4ccccc34)cc2)cnn1-c1cccc(Cl)c1F. The lowest BCUT2D eigenvalue weighted by Crippen LogP contribution is -2.13. The van der Waals surface area contributed by atoms with E-state index in [9.17, 15) is 14.0 Å². The average Bonchev–Trinajstić information content (AvgIpc) is 3.23. The number of aromatic nitrogens is 4. The van der Waals surface area contributed by atoms with Crippen LogP contribution in [0.5, 0.6) is 0 Å². The van der Waals surface area contributed by atoms with Gasteiger partial charge in [0.05, 0.1) is 33.6 Å². The average molecular weight is 474 g/mol. The Morgan fingerprint density at radius 3 is 2.53 bits per heavy atom. The minimum Gasteiger partial charge on any atom is -0.322 e. The summed E-state index contributed by atoms with van der Waals surface area (Å²) in [7, 11) is 0. The van der Waals surface area contributed by atoms with Gasteiger partial charge in [-0.15, -0.1) is 0 Å². The fourth-order valence-electron chi connectivity index (χ4n) is 3.78. The molecule has 7 nitrogen and oxygen atoms in total. The van der Waals surface area contributed by atoms with E-state index in [1.165, 1.54) is 23.0 Å². The van der Waals surface area contributed by atoms with Gasteiger partial charge in [0.2, 0.25) is 0 Å². The second-order valence-electron chi connectivity index (χ2n) is 7.61. The standard InChI is InChI=1S/C25H17ClFN5O2/c1-14-19(13-28-32(14)21-8-4-7-20(26)22(21)27)24(33)29-16-11-9-15(10-12-16)23-17-5-2-3-6-18(17)25(34)31-30-23/h2-13H,1H3,(H,29,33)(H,31,34). The molecule has 2 heterocycles. The van der Waals surface area contributed by atoms with Crippen LogP contribution in [-0.2, 0) is 0 Å². The lowest BCUT2D eigenvalue weighted by atomic mass is 10.0. The molecule has 0 bridgehead atoms. The molecule has 3 aromatic carbocycles. The Morgan fingerprint density at radius 2 is 1.76 bits per heavy atom. The number of fused-ring (bicyclic) bond motifs is 1. The number of H-pyrrole nitrogens is 1. The predicted molar refractivity (Wildman–Crippen MR) is 129 cm³/mol. The van der Waals surface area contributed by atoms with E-state index in [1.807, 2.05) is 12.1 Å². The van der Waals surface area contributed by atoms with Crippen LogP contribution >= 0.6 is 11.6 Å². The molecule has 2 aromatic heterocycles. The van der Waals surface area contributed by atoms with E-state index in [1.54, 1.807) is 49.4 Å². The van der Waals surface area contributed by atoms with Crippen molar-refractivity contribution in [3.63, 3.8) is 0 Å². The van der Waals surface area contributed by atoms with Gasteiger partial charge in [0, 0.05) is 16.6 Å². The summed E-state index contributed by atoms with van der Waals surface area (Å²) in [5.41, 5.74) is 2.66. The van der Waals surface area contributed by atoms with Crippen LogP contribution in [0.4, 0.5) is 10.1 Å². The highest BCUT2D eigenvalue weighted by Crippen LogP contribution is 2.26. The summed E-state index contributed by atoms with van der Waals surface area (Å²) < 4.78 is 15.7. The van der Waals surface area contributed by atoms with Crippen molar-refractivity contribution in [1.82, 2.24) is 20.0 Å². The molecule has 0 fully saturated rings. The summed E-state index contributed by atoms with van der Waals surface area (Å²) in [6.45, 7) is 1.68. The van der Waals surface area contributed by atoms with Gasteiger partial charge >= 0.3 is 0 Å². The van der Waals surface area contributed by atoms with Crippen molar-refractivity contribution in [3.8, 4) is 16.9 Å². The van der Waals surface area contributed by atoms with E-state index < -0.39 is 5.82 Å². The number of hydrogen-bond acceptors (Lipinski definition) is 4. The number of nitrogens with one attached hydrogen (secondary N) is 2. The highest BCUT2D eigenvalue weighted by molar-refractivity contribution is 6.30. The van der Waals surface area contributed by atoms with E-state index in [2.05, 4.69) is 20.6 Å². The molecule has 0 saturated heterocycles. The van der Waals surface area contributed by atoms with Crippen molar-refractivity contribution in [1.29, 1.82) is 0 Å². The molecule has 168 valence electrons. The molecule has 2 N–H and O–H groups in total. The molecule has 0 spiro atoms.